The lowest BCUT2D eigenvalue weighted by molar-refractivity contribution is 0.356. The van der Waals surface area contributed by atoms with Gasteiger partial charge in [-0.25, -0.2) is 0 Å². The smallest absolute Gasteiger partial charge is 0.189 e. The quantitative estimate of drug-likeness (QED) is 0.741. The average Bonchev–Trinajstić information content (AvgIpc) is 2.89. The number of fused-ring (bicyclic) bond motifs is 1. The second-order valence-electron chi connectivity index (χ2n) is 3.99. The molecule has 7 heteroatoms. The molecule has 0 saturated heterocycles. The Morgan fingerprint density at radius 3 is 2.65 bits per heavy atom. The van der Waals surface area contributed by atoms with Gasteiger partial charge in [-0.2, -0.15) is 9.61 Å². The molecule has 3 rings (SSSR count). The van der Waals surface area contributed by atoms with E-state index in [0.717, 1.165) is 5.56 Å². The normalized spacial score (nSPS) is 10.8. The van der Waals surface area contributed by atoms with Gasteiger partial charge in [-0.15, -0.1) is 10.2 Å². The van der Waals surface area contributed by atoms with Crippen molar-refractivity contribution in [1.29, 1.82) is 0 Å². The van der Waals surface area contributed by atoms with Crippen molar-refractivity contribution in [3.63, 3.8) is 0 Å². The van der Waals surface area contributed by atoms with E-state index in [0.29, 0.717) is 28.1 Å². The van der Waals surface area contributed by atoms with Crippen LogP contribution in [0.5, 0.6) is 11.5 Å². The zero-order chi connectivity index (χ0) is 14.1. The Morgan fingerprint density at radius 1 is 1.05 bits per heavy atom. The lowest BCUT2D eigenvalue weighted by Crippen LogP contribution is -1.98. The lowest BCUT2D eigenvalue weighted by atomic mass is 10.1. The Labute approximate surface area is 119 Å². The number of hydrogen-bond acceptors (Lipinski definition) is 5. The largest absolute Gasteiger partial charge is 0.493 e. The van der Waals surface area contributed by atoms with Gasteiger partial charge in [-0.3, -0.25) is 0 Å². The summed E-state index contributed by atoms with van der Waals surface area (Å²) in [6.45, 7) is 0. The third-order valence-electron chi connectivity index (χ3n) is 2.87. The topological polar surface area (TPSA) is 61.5 Å². The number of methoxy groups -OCH3 is 2. The zero-order valence-corrected chi connectivity index (χ0v) is 11.6. The van der Waals surface area contributed by atoms with E-state index in [1.54, 1.807) is 30.9 Å². The first-order valence-corrected chi connectivity index (χ1v) is 6.21. The van der Waals surface area contributed by atoms with Crippen LogP contribution >= 0.6 is 11.6 Å². The van der Waals surface area contributed by atoms with E-state index in [1.807, 2.05) is 18.2 Å². The highest BCUT2D eigenvalue weighted by Gasteiger charge is 2.17. The van der Waals surface area contributed by atoms with E-state index in [1.165, 1.54) is 0 Å². The highest BCUT2D eigenvalue weighted by atomic mass is 35.5. The highest BCUT2D eigenvalue weighted by Crippen LogP contribution is 2.36. The molecule has 0 fully saturated rings. The van der Waals surface area contributed by atoms with E-state index in [2.05, 4.69) is 15.3 Å². The van der Waals surface area contributed by atoms with Crippen LogP contribution in [0.2, 0.25) is 5.15 Å². The van der Waals surface area contributed by atoms with Crippen molar-refractivity contribution < 1.29 is 9.47 Å². The highest BCUT2D eigenvalue weighted by molar-refractivity contribution is 6.29. The number of hydrogen-bond donors (Lipinski definition) is 0. The van der Waals surface area contributed by atoms with Crippen LogP contribution in [-0.4, -0.2) is 34.0 Å². The maximum Gasteiger partial charge on any atom is 0.189 e. The summed E-state index contributed by atoms with van der Waals surface area (Å²) < 4.78 is 12.3. The molecule has 0 radical (unpaired) electrons. The fraction of sp³-hybridized carbons (Fsp3) is 0.154. The molecule has 1 aromatic carbocycles. The van der Waals surface area contributed by atoms with Gasteiger partial charge in [0.25, 0.3) is 0 Å². The van der Waals surface area contributed by atoms with Gasteiger partial charge in [0.1, 0.15) is 5.15 Å². The van der Waals surface area contributed by atoms with E-state index in [9.17, 15) is 0 Å². The number of benzene rings is 1. The first kappa shape index (κ1) is 12.7. The van der Waals surface area contributed by atoms with Gasteiger partial charge in [0, 0.05) is 0 Å². The first-order valence-electron chi connectivity index (χ1n) is 5.84. The van der Waals surface area contributed by atoms with Crippen molar-refractivity contribution in [1.82, 2.24) is 19.8 Å². The number of para-hydroxylation sites is 1. The molecule has 2 heterocycles. The Hall–Kier alpha value is -2.34. The molecule has 0 N–H and O–H groups in total. The third-order valence-corrected chi connectivity index (χ3v) is 3.08. The van der Waals surface area contributed by atoms with E-state index < -0.39 is 0 Å². The maximum absolute atomic E-state index is 5.92. The average molecular weight is 291 g/mol. The molecule has 3 aromatic rings. The van der Waals surface area contributed by atoms with Crippen LogP contribution in [0.15, 0.2) is 30.3 Å². The van der Waals surface area contributed by atoms with Crippen molar-refractivity contribution in [3.05, 3.63) is 35.5 Å². The summed E-state index contributed by atoms with van der Waals surface area (Å²) in [6, 6.07) is 8.94. The molecule has 6 nitrogen and oxygen atoms in total. The second kappa shape index (κ2) is 4.97. The van der Waals surface area contributed by atoms with Crippen LogP contribution in [0.1, 0.15) is 0 Å². The molecule has 0 saturated carbocycles. The van der Waals surface area contributed by atoms with Gasteiger partial charge < -0.3 is 9.47 Å². The van der Waals surface area contributed by atoms with Gasteiger partial charge in [-0.1, -0.05) is 17.7 Å². The van der Waals surface area contributed by atoms with E-state index >= 15 is 0 Å². The minimum absolute atomic E-state index is 0.361. The maximum atomic E-state index is 5.92. The molecular weight excluding hydrogens is 280 g/mol. The molecule has 2 aromatic heterocycles. The Balaban J connectivity index is 2.28. The molecular formula is C13H11ClN4O2. The van der Waals surface area contributed by atoms with Crippen LogP contribution in [0.3, 0.4) is 0 Å². The van der Waals surface area contributed by atoms with Crippen molar-refractivity contribution in [2.24, 2.45) is 0 Å². The predicted octanol–water partition coefficient (Wildman–Crippen LogP) is 2.46. The lowest BCUT2D eigenvalue weighted by Gasteiger charge is -2.10. The Bertz CT molecular complexity index is 772. The van der Waals surface area contributed by atoms with Gasteiger partial charge in [0.05, 0.1) is 19.8 Å². The van der Waals surface area contributed by atoms with Crippen LogP contribution in [0.25, 0.3) is 17.0 Å². The fourth-order valence-corrected chi connectivity index (χ4v) is 2.14. The monoisotopic (exact) mass is 290 g/mol. The van der Waals surface area contributed by atoms with Crippen molar-refractivity contribution in [3.8, 4) is 22.9 Å². The van der Waals surface area contributed by atoms with Gasteiger partial charge in [0.15, 0.2) is 23.0 Å². The SMILES string of the molecule is COc1cccc(-c2nnc3ccc(Cl)nn23)c1OC. The molecule has 0 bridgehead atoms. The van der Waals surface area contributed by atoms with Gasteiger partial charge in [-0.05, 0) is 24.3 Å². The Kier molecular flexibility index (Phi) is 3.15. The summed E-state index contributed by atoms with van der Waals surface area (Å²) in [5.41, 5.74) is 1.34. The number of ether oxygens (including phenoxy) is 2. The molecule has 0 unspecified atom stereocenters. The molecule has 0 spiro atoms. The minimum atomic E-state index is 0.361. The molecule has 0 atom stereocenters. The van der Waals surface area contributed by atoms with Crippen LogP contribution in [0, 0.1) is 0 Å². The molecule has 0 aliphatic carbocycles. The molecule has 20 heavy (non-hydrogen) atoms. The van der Waals surface area contributed by atoms with Crippen molar-refractivity contribution in [2.75, 3.05) is 14.2 Å². The zero-order valence-electron chi connectivity index (χ0n) is 10.9. The van der Waals surface area contributed by atoms with Crippen LogP contribution < -0.4 is 9.47 Å². The molecule has 102 valence electrons. The third kappa shape index (κ3) is 1.94. The van der Waals surface area contributed by atoms with Crippen molar-refractivity contribution in [2.45, 2.75) is 0 Å². The Morgan fingerprint density at radius 2 is 1.90 bits per heavy atom. The summed E-state index contributed by atoms with van der Waals surface area (Å²) >= 11 is 5.92. The van der Waals surface area contributed by atoms with Crippen LogP contribution in [0.4, 0.5) is 0 Å². The number of halogens is 1. The van der Waals surface area contributed by atoms with E-state index in [4.69, 9.17) is 21.1 Å². The molecule has 0 aliphatic rings. The van der Waals surface area contributed by atoms with Gasteiger partial charge >= 0.3 is 0 Å². The summed E-state index contributed by atoms with van der Waals surface area (Å²) in [5, 5.41) is 12.8. The fourth-order valence-electron chi connectivity index (χ4n) is 2.00. The van der Waals surface area contributed by atoms with Gasteiger partial charge in [0.2, 0.25) is 0 Å². The number of aromatic nitrogens is 4. The first-order chi connectivity index (χ1) is 9.74. The van der Waals surface area contributed by atoms with E-state index in [-0.39, 0.29) is 0 Å². The molecule has 0 aliphatic heterocycles. The minimum Gasteiger partial charge on any atom is -0.493 e. The summed E-state index contributed by atoms with van der Waals surface area (Å²) in [5.74, 6) is 1.73. The van der Waals surface area contributed by atoms with Crippen LogP contribution in [-0.2, 0) is 0 Å². The van der Waals surface area contributed by atoms with Crippen molar-refractivity contribution >= 4 is 17.2 Å². The number of rotatable bonds is 3. The summed E-state index contributed by atoms with van der Waals surface area (Å²) in [6.07, 6.45) is 0. The summed E-state index contributed by atoms with van der Waals surface area (Å²) in [7, 11) is 3.16. The predicted molar refractivity (Wildman–Crippen MR) is 74.3 cm³/mol. The summed E-state index contributed by atoms with van der Waals surface area (Å²) in [4.78, 5) is 0. The number of nitrogens with zero attached hydrogens (tertiary/aromatic N) is 4. The molecule has 0 amide bonds. The standard InChI is InChI=1S/C13H11ClN4O2/c1-19-9-5-3-4-8(12(9)20-2)13-16-15-11-7-6-10(14)17-18(11)13/h3-7H,1-2H3. The second-order valence-corrected chi connectivity index (χ2v) is 4.38.